The van der Waals surface area contributed by atoms with Crippen molar-refractivity contribution in [1.82, 2.24) is 9.55 Å². The van der Waals surface area contributed by atoms with E-state index < -0.39 is 0 Å². The minimum absolute atomic E-state index is 0.285. The SMILES string of the molecule is CC.CC.CC1(C)OB(c2cnn(PI)c2)OC1(C)C. The summed E-state index contributed by atoms with van der Waals surface area (Å²) in [5.41, 5.74) is 0.418. The first-order valence-corrected chi connectivity index (χ1v) is 11.2. The first-order valence-electron chi connectivity index (χ1n) is 7.12. The van der Waals surface area contributed by atoms with Gasteiger partial charge in [-0.05, 0) is 49.7 Å². The molecule has 1 fully saturated rings. The molecule has 20 heavy (non-hydrogen) atoms. The molecule has 1 atom stereocenters. The molecule has 1 aromatic heterocycles. The lowest BCUT2D eigenvalue weighted by Crippen LogP contribution is -2.41. The van der Waals surface area contributed by atoms with E-state index in [4.69, 9.17) is 9.31 Å². The molecule has 1 saturated heterocycles. The van der Waals surface area contributed by atoms with Crippen molar-refractivity contribution in [3.05, 3.63) is 12.4 Å². The van der Waals surface area contributed by atoms with Crippen molar-refractivity contribution in [2.24, 2.45) is 0 Å². The highest BCUT2D eigenvalue weighted by atomic mass is 127. The summed E-state index contributed by atoms with van der Waals surface area (Å²) >= 11 is 2.29. The fourth-order valence-corrected chi connectivity index (χ4v) is 2.57. The smallest absolute Gasteiger partial charge is 0.399 e. The maximum Gasteiger partial charge on any atom is 0.498 e. The molecule has 4 nitrogen and oxygen atoms in total. The Labute approximate surface area is 138 Å². The Morgan fingerprint density at radius 3 is 1.90 bits per heavy atom. The third-order valence-corrected chi connectivity index (χ3v) is 5.12. The van der Waals surface area contributed by atoms with E-state index in [1.165, 1.54) is 0 Å². The third-order valence-electron chi connectivity index (χ3n) is 3.21. The lowest BCUT2D eigenvalue weighted by atomic mass is 9.82. The fraction of sp³-hybridized carbons (Fsp3) is 0.769. The van der Waals surface area contributed by atoms with Crippen molar-refractivity contribution in [3.8, 4) is 0 Å². The van der Waals surface area contributed by atoms with Crippen molar-refractivity contribution in [3.63, 3.8) is 0 Å². The molecule has 0 N–H and O–H groups in total. The summed E-state index contributed by atoms with van der Waals surface area (Å²) in [6.07, 6.45) is 4.40. The maximum absolute atomic E-state index is 5.93. The van der Waals surface area contributed by atoms with Crippen LogP contribution < -0.4 is 5.46 Å². The van der Waals surface area contributed by atoms with Gasteiger partial charge in [-0.25, -0.2) is 4.45 Å². The molecule has 2 rings (SSSR count). The minimum atomic E-state index is -0.300. The van der Waals surface area contributed by atoms with Crippen LogP contribution in [0.4, 0.5) is 0 Å². The Morgan fingerprint density at radius 2 is 1.55 bits per heavy atom. The van der Waals surface area contributed by atoms with Gasteiger partial charge in [0, 0.05) is 17.9 Å². The summed E-state index contributed by atoms with van der Waals surface area (Å²) in [6, 6.07) is 0. The van der Waals surface area contributed by atoms with E-state index in [1.54, 1.807) is 0 Å². The molecule has 116 valence electrons. The minimum Gasteiger partial charge on any atom is -0.399 e. The number of rotatable bonds is 2. The van der Waals surface area contributed by atoms with Crippen LogP contribution in [0.15, 0.2) is 12.4 Å². The maximum atomic E-state index is 5.93. The topological polar surface area (TPSA) is 36.3 Å². The molecule has 1 aliphatic heterocycles. The molecule has 1 aromatic rings. The Morgan fingerprint density at radius 1 is 1.10 bits per heavy atom. The molecule has 1 aliphatic rings. The second kappa shape index (κ2) is 8.71. The van der Waals surface area contributed by atoms with Gasteiger partial charge in [0.25, 0.3) is 0 Å². The molecule has 2 heterocycles. The zero-order chi connectivity index (χ0) is 16.0. The molecule has 0 radical (unpaired) electrons. The average molecular weight is 412 g/mol. The second-order valence-electron chi connectivity index (χ2n) is 4.89. The molecular weight excluding hydrogens is 385 g/mol. The van der Waals surface area contributed by atoms with E-state index in [1.807, 2.05) is 44.5 Å². The number of hydrogen-bond donors (Lipinski definition) is 0. The summed E-state index contributed by atoms with van der Waals surface area (Å²) in [4.78, 5) is 0. The average Bonchev–Trinajstić information content (AvgIpc) is 2.98. The third kappa shape index (κ3) is 4.68. The molecule has 0 amide bonds. The van der Waals surface area contributed by atoms with Crippen molar-refractivity contribution in [1.29, 1.82) is 0 Å². The Bertz CT molecular complexity index is 383. The number of hydrogen-bond acceptors (Lipinski definition) is 3. The fourth-order valence-electron chi connectivity index (χ4n) is 1.48. The number of nitrogens with zero attached hydrogens (tertiary/aromatic N) is 2. The first kappa shape index (κ1) is 20.4. The lowest BCUT2D eigenvalue weighted by molar-refractivity contribution is 0.00578. The van der Waals surface area contributed by atoms with Gasteiger partial charge >= 0.3 is 7.12 Å². The summed E-state index contributed by atoms with van der Waals surface area (Å²) in [5, 5.41) is 4.24. The van der Waals surface area contributed by atoms with Gasteiger partial charge in [-0.1, -0.05) is 27.7 Å². The molecule has 0 spiro atoms. The van der Waals surface area contributed by atoms with Gasteiger partial charge in [0.05, 0.1) is 17.6 Å². The first-order chi connectivity index (χ1) is 9.36. The van der Waals surface area contributed by atoms with Gasteiger partial charge < -0.3 is 9.31 Å². The number of halogens is 1. The summed E-state index contributed by atoms with van der Waals surface area (Å²) in [5.74, 6) is 0. The van der Waals surface area contributed by atoms with Crippen LogP contribution in [0, 0.1) is 0 Å². The quantitative estimate of drug-likeness (QED) is 0.418. The van der Waals surface area contributed by atoms with Gasteiger partial charge in [0.15, 0.2) is 0 Å². The molecule has 0 bridgehead atoms. The Balaban J connectivity index is 0.000000829. The van der Waals surface area contributed by atoms with Crippen molar-refractivity contribution >= 4 is 41.0 Å². The second-order valence-corrected chi connectivity index (χ2v) is 6.97. The van der Waals surface area contributed by atoms with Gasteiger partial charge in [0.2, 0.25) is 0 Å². The molecule has 0 aromatic carbocycles. The van der Waals surface area contributed by atoms with Crippen molar-refractivity contribution in [2.45, 2.75) is 66.6 Å². The number of aromatic nitrogens is 2. The standard InChI is InChI=1S/C9H15BIN2O2P.2C2H6/c1-8(2)9(3,4)15-10(14-8)7-5-12-13(6-7)16-11;2*1-2/h5-6,16H,1-4H3;2*1-2H3. The lowest BCUT2D eigenvalue weighted by Gasteiger charge is -2.32. The zero-order valence-electron chi connectivity index (χ0n) is 13.8. The normalized spacial score (nSPS) is 19.4. The molecule has 7 heteroatoms. The van der Waals surface area contributed by atoms with Crippen LogP contribution in [0.1, 0.15) is 55.4 Å². The van der Waals surface area contributed by atoms with Gasteiger partial charge in [0.1, 0.15) is 0 Å². The largest absolute Gasteiger partial charge is 0.498 e. The van der Waals surface area contributed by atoms with Crippen LogP contribution in [0.3, 0.4) is 0 Å². The highest BCUT2D eigenvalue weighted by Gasteiger charge is 2.52. The van der Waals surface area contributed by atoms with Crippen molar-refractivity contribution < 1.29 is 9.31 Å². The van der Waals surface area contributed by atoms with E-state index in [0.717, 1.165) is 5.46 Å². The predicted octanol–water partition coefficient (Wildman–Crippen LogP) is 4.03. The van der Waals surface area contributed by atoms with Crippen LogP contribution in [0.5, 0.6) is 0 Å². The van der Waals surface area contributed by atoms with Gasteiger partial charge in [-0.3, -0.25) is 0 Å². The van der Waals surface area contributed by atoms with Crippen LogP contribution >= 0.6 is 28.4 Å². The van der Waals surface area contributed by atoms with Crippen LogP contribution in [0.25, 0.3) is 0 Å². The van der Waals surface area contributed by atoms with E-state index in [-0.39, 0.29) is 18.3 Å². The molecule has 1 unspecified atom stereocenters. The van der Waals surface area contributed by atoms with E-state index in [9.17, 15) is 0 Å². The predicted molar refractivity (Wildman–Crippen MR) is 98.4 cm³/mol. The van der Waals surface area contributed by atoms with Crippen molar-refractivity contribution in [2.75, 3.05) is 0 Å². The van der Waals surface area contributed by atoms with Crippen LogP contribution in [-0.4, -0.2) is 27.9 Å². The molecule has 0 saturated carbocycles. The van der Waals surface area contributed by atoms with Crippen LogP contribution in [0.2, 0.25) is 0 Å². The highest BCUT2D eigenvalue weighted by molar-refractivity contribution is 14.2. The Kier molecular flexibility index (Phi) is 8.87. The summed E-state index contributed by atoms with van der Waals surface area (Å²) in [6.45, 7) is 16.2. The van der Waals surface area contributed by atoms with E-state index >= 15 is 0 Å². The van der Waals surface area contributed by atoms with Crippen LogP contribution in [-0.2, 0) is 9.31 Å². The monoisotopic (exact) mass is 412 g/mol. The molecular formula is C13H27BIN2O2P. The van der Waals surface area contributed by atoms with E-state index in [2.05, 4.69) is 54.8 Å². The summed E-state index contributed by atoms with van der Waals surface area (Å²) in [7, 11) is -0.300. The van der Waals surface area contributed by atoms with E-state index in [0.29, 0.717) is 6.37 Å². The molecule has 0 aliphatic carbocycles. The van der Waals surface area contributed by atoms with Gasteiger partial charge in [-0.2, -0.15) is 5.10 Å². The van der Waals surface area contributed by atoms with Gasteiger partial charge in [-0.15, -0.1) is 0 Å². The Hall–Kier alpha value is 0.355. The summed E-state index contributed by atoms with van der Waals surface area (Å²) < 4.78 is 13.8. The highest BCUT2D eigenvalue weighted by Crippen LogP contribution is 2.36. The zero-order valence-corrected chi connectivity index (χ0v) is 17.0.